The molecule has 1 aromatic carbocycles. The first-order valence-electron chi connectivity index (χ1n) is 5.42. The van der Waals surface area contributed by atoms with Gasteiger partial charge in [0.15, 0.2) is 5.11 Å². The fraction of sp³-hybridized carbons (Fsp3) is 0.0833. The maximum atomic E-state index is 8.00. The summed E-state index contributed by atoms with van der Waals surface area (Å²) in [5.41, 5.74) is 12.9. The van der Waals surface area contributed by atoms with E-state index in [1.807, 2.05) is 37.1 Å². The highest BCUT2D eigenvalue weighted by Crippen LogP contribution is 2.15. The molecule has 0 aliphatic heterocycles. The van der Waals surface area contributed by atoms with Gasteiger partial charge in [-0.2, -0.15) is 0 Å². The SMILES string of the molecule is C=O.NC(=S)NNCc1ncc(-c2ccccc2)[nH]1. The molecule has 0 saturated carbocycles. The van der Waals surface area contributed by atoms with Crippen LogP contribution < -0.4 is 16.6 Å². The van der Waals surface area contributed by atoms with Crippen molar-refractivity contribution in [1.82, 2.24) is 20.8 Å². The Morgan fingerprint density at radius 2 is 2.05 bits per heavy atom. The van der Waals surface area contributed by atoms with Crippen molar-refractivity contribution < 1.29 is 4.79 Å². The predicted octanol–water partition coefficient (Wildman–Crippen LogP) is 0.730. The predicted molar refractivity (Wildman–Crippen MR) is 77.9 cm³/mol. The molecule has 0 unspecified atom stereocenters. The number of hydrogen-bond donors (Lipinski definition) is 4. The van der Waals surface area contributed by atoms with Gasteiger partial charge >= 0.3 is 0 Å². The highest BCUT2D eigenvalue weighted by Gasteiger charge is 2.01. The molecule has 19 heavy (non-hydrogen) atoms. The molecule has 100 valence electrons. The average Bonchev–Trinajstić information content (AvgIpc) is 2.90. The van der Waals surface area contributed by atoms with E-state index in [9.17, 15) is 0 Å². The molecule has 0 aliphatic rings. The van der Waals surface area contributed by atoms with E-state index in [0.717, 1.165) is 17.1 Å². The monoisotopic (exact) mass is 277 g/mol. The fourth-order valence-corrected chi connectivity index (χ4v) is 1.50. The van der Waals surface area contributed by atoms with Crippen LogP contribution in [0.3, 0.4) is 0 Å². The standard InChI is InChI=1S/C11H13N5S.CH2O/c12-11(17)16-14-7-10-13-6-9(15-10)8-4-2-1-3-5-8;1-2/h1-6,14H,7H2,(H,13,15)(H3,12,16,17);1H2. The topological polar surface area (TPSA) is 95.8 Å². The van der Waals surface area contributed by atoms with Crippen LogP contribution in [-0.2, 0) is 11.3 Å². The molecule has 0 bridgehead atoms. The van der Waals surface area contributed by atoms with Crippen molar-refractivity contribution >= 4 is 24.1 Å². The lowest BCUT2D eigenvalue weighted by Crippen LogP contribution is -2.40. The van der Waals surface area contributed by atoms with E-state index in [0.29, 0.717) is 6.54 Å². The number of rotatable bonds is 4. The number of carbonyl (C=O) groups is 1. The Kier molecular flexibility index (Phi) is 6.20. The van der Waals surface area contributed by atoms with E-state index >= 15 is 0 Å². The van der Waals surface area contributed by atoms with Crippen molar-refractivity contribution in [1.29, 1.82) is 0 Å². The van der Waals surface area contributed by atoms with Gasteiger partial charge in [-0.3, -0.25) is 5.43 Å². The van der Waals surface area contributed by atoms with Gasteiger partial charge in [0.2, 0.25) is 0 Å². The summed E-state index contributed by atoms with van der Waals surface area (Å²) in [7, 11) is 0. The van der Waals surface area contributed by atoms with Gasteiger partial charge in [-0.05, 0) is 17.8 Å². The summed E-state index contributed by atoms with van der Waals surface area (Å²) in [6.45, 7) is 2.52. The molecule has 2 rings (SSSR count). The van der Waals surface area contributed by atoms with E-state index in [-0.39, 0.29) is 5.11 Å². The molecular weight excluding hydrogens is 262 g/mol. The lowest BCUT2D eigenvalue weighted by atomic mass is 10.2. The number of imidazole rings is 1. The first-order valence-corrected chi connectivity index (χ1v) is 5.83. The molecule has 1 aromatic heterocycles. The van der Waals surface area contributed by atoms with Gasteiger partial charge in [-0.15, -0.1) is 0 Å². The molecule has 5 N–H and O–H groups in total. The van der Waals surface area contributed by atoms with E-state index in [2.05, 4.69) is 33.0 Å². The summed E-state index contributed by atoms with van der Waals surface area (Å²) >= 11 is 4.67. The number of hydrazine groups is 1. The van der Waals surface area contributed by atoms with Crippen LogP contribution in [0, 0.1) is 0 Å². The summed E-state index contributed by atoms with van der Waals surface area (Å²) in [5.74, 6) is 0.813. The number of nitrogens with zero attached hydrogens (tertiary/aromatic N) is 1. The summed E-state index contributed by atoms with van der Waals surface area (Å²) in [6, 6.07) is 10.0. The Morgan fingerprint density at radius 1 is 1.37 bits per heavy atom. The van der Waals surface area contributed by atoms with Crippen molar-refractivity contribution in [2.45, 2.75) is 6.54 Å². The highest BCUT2D eigenvalue weighted by molar-refractivity contribution is 7.80. The number of aromatic amines is 1. The van der Waals surface area contributed by atoms with Crippen LogP contribution in [0.25, 0.3) is 11.3 Å². The minimum atomic E-state index is 0.208. The van der Waals surface area contributed by atoms with Gasteiger partial charge < -0.3 is 15.5 Å². The lowest BCUT2D eigenvalue weighted by Gasteiger charge is -2.03. The largest absolute Gasteiger partial charge is 0.375 e. The molecule has 0 atom stereocenters. The average molecular weight is 277 g/mol. The third kappa shape index (κ3) is 4.86. The second-order valence-electron chi connectivity index (χ2n) is 3.45. The zero-order valence-electron chi connectivity index (χ0n) is 10.2. The van der Waals surface area contributed by atoms with Gasteiger partial charge in [-0.1, -0.05) is 30.3 Å². The molecule has 7 heteroatoms. The lowest BCUT2D eigenvalue weighted by molar-refractivity contribution is -0.0979. The van der Waals surface area contributed by atoms with Crippen LogP contribution in [0.4, 0.5) is 0 Å². The first kappa shape index (κ1) is 14.8. The molecule has 0 radical (unpaired) electrons. The Morgan fingerprint density at radius 3 is 2.68 bits per heavy atom. The Bertz CT molecular complexity index is 514. The molecule has 0 aliphatic carbocycles. The minimum Gasteiger partial charge on any atom is -0.375 e. The number of hydrogen-bond acceptors (Lipinski definition) is 4. The van der Waals surface area contributed by atoms with Gasteiger partial charge in [0, 0.05) is 0 Å². The number of carbonyl (C=O) groups excluding carboxylic acids is 1. The van der Waals surface area contributed by atoms with Gasteiger partial charge in [0.25, 0.3) is 0 Å². The van der Waals surface area contributed by atoms with Crippen LogP contribution in [0.5, 0.6) is 0 Å². The third-order valence-electron chi connectivity index (χ3n) is 2.18. The molecule has 6 nitrogen and oxygen atoms in total. The molecule has 0 fully saturated rings. The van der Waals surface area contributed by atoms with E-state index in [1.165, 1.54) is 0 Å². The number of nitrogens with one attached hydrogen (secondary N) is 3. The number of thiocarbonyl (C=S) groups is 1. The summed E-state index contributed by atoms with van der Waals surface area (Å²) in [6.07, 6.45) is 1.80. The second kappa shape index (κ2) is 7.96. The van der Waals surface area contributed by atoms with Crippen LogP contribution in [0.2, 0.25) is 0 Å². The second-order valence-corrected chi connectivity index (χ2v) is 3.89. The quantitative estimate of drug-likeness (QED) is 0.486. The molecule has 0 amide bonds. The number of nitrogens with two attached hydrogens (primary N) is 1. The zero-order valence-corrected chi connectivity index (χ0v) is 11.0. The van der Waals surface area contributed by atoms with Crippen LogP contribution >= 0.6 is 12.2 Å². The number of benzene rings is 1. The zero-order chi connectivity index (χ0) is 14.1. The third-order valence-corrected chi connectivity index (χ3v) is 2.28. The molecule has 0 saturated heterocycles. The number of H-pyrrole nitrogens is 1. The molecule has 0 spiro atoms. The van der Waals surface area contributed by atoms with Gasteiger partial charge in [0.1, 0.15) is 12.6 Å². The smallest absolute Gasteiger partial charge is 0.178 e. The van der Waals surface area contributed by atoms with E-state index in [4.69, 9.17) is 10.5 Å². The van der Waals surface area contributed by atoms with Gasteiger partial charge in [0.05, 0.1) is 18.4 Å². The van der Waals surface area contributed by atoms with Gasteiger partial charge in [-0.25, -0.2) is 10.4 Å². The first-order chi connectivity index (χ1) is 9.25. The Balaban J connectivity index is 0.000000861. The fourth-order valence-electron chi connectivity index (χ4n) is 1.43. The van der Waals surface area contributed by atoms with Crippen molar-refractivity contribution in [3.63, 3.8) is 0 Å². The van der Waals surface area contributed by atoms with Crippen LogP contribution in [0.1, 0.15) is 5.82 Å². The van der Waals surface area contributed by atoms with Crippen molar-refractivity contribution in [3.05, 3.63) is 42.4 Å². The summed E-state index contributed by atoms with van der Waals surface area (Å²) in [5, 5.41) is 0.208. The van der Waals surface area contributed by atoms with Crippen molar-refractivity contribution in [2.24, 2.45) is 5.73 Å². The molecule has 1 heterocycles. The van der Waals surface area contributed by atoms with Crippen molar-refractivity contribution in [3.8, 4) is 11.3 Å². The van der Waals surface area contributed by atoms with E-state index < -0.39 is 0 Å². The highest BCUT2D eigenvalue weighted by atomic mass is 32.1. The summed E-state index contributed by atoms with van der Waals surface area (Å²) in [4.78, 5) is 15.5. The molecule has 2 aromatic rings. The Hall–Kier alpha value is -2.25. The normalized spacial score (nSPS) is 9.26. The Labute approximate surface area is 116 Å². The minimum absolute atomic E-state index is 0.208. The summed E-state index contributed by atoms with van der Waals surface area (Å²) < 4.78 is 0. The van der Waals surface area contributed by atoms with Crippen LogP contribution in [0.15, 0.2) is 36.5 Å². The molecular formula is C12H15N5OS. The van der Waals surface area contributed by atoms with E-state index in [1.54, 1.807) is 6.20 Å². The number of aromatic nitrogens is 2. The maximum Gasteiger partial charge on any atom is 0.178 e. The van der Waals surface area contributed by atoms with Crippen molar-refractivity contribution in [2.75, 3.05) is 0 Å². The maximum absolute atomic E-state index is 8.00. The van der Waals surface area contributed by atoms with Crippen LogP contribution in [-0.4, -0.2) is 21.9 Å².